The van der Waals surface area contributed by atoms with Crippen LogP contribution < -0.4 is 0 Å². The van der Waals surface area contributed by atoms with Gasteiger partial charge in [0, 0.05) is 12.1 Å². The van der Waals surface area contributed by atoms with Crippen molar-refractivity contribution in [2.75, 3.05) is 0 Å². The zero-order chi connectivity index (χ0) is 14.2. The van der Waals surface area contributed by atoms with Gasteiger partial charge in [0.25, 0.3) is 5.69 Å². The minimum absolute atomic E-state index is 0.0499. The first-order chi connectivity index (χ1) is 8.86. The van der Waals surface area contributed by atoms with Gasteiger partial charge in [-0.3, -0.25) is 14.9 Å². The number of nitro groups is 1. The summed E-state index contributed by atoms with van der Waals surface area (Å²) < 4.78 is 0. The molecule has 0 unspecified atom stereocenters. The van der Waals surface area contributed by atoms with Crippen molar-refractivity contribution in [1.82, 2.24) is 0 Å². The fourth-order valence-electron chi connectivity index (χ4n) is 2.76. The molecule has 0 aliphatic heterocycles. The van der Waals surface area contributed by atoms with Gasteiger partial charge in [0.15, 0.2) is 0 Å². The van der Waals surface area contributed by atoms with Gasteiger partial charge >= 0.3 is 5.97 Å². The molecule has 1 aliphatic carbocycles. The molecule has 1 saturated carbocycles. The van der Waals surface area contributed by atoms with Crippen LogP contribution in [0.3, 0.4) is 0 Å². The third-order valence-electron chi connectivity index (χ3n) is 4.18. The molecule has 0 amide bonds. The van der Waals surface area contributed by atoms with E-state index in [-0.39, 0.29) is 5.69 Å². The van der Waals surface area contributed by atoms with Crippen LogP contribution in [-0.4, -0.2) is 16.0 Å². The van der Waals surface area contributed by atoms with Gasteiger partial charge in [0.05, 0.1) is 10.3 Å². The lowest BCUT2D eigenvalue weighted by molar-refractivity contribution is -0.385. The molecule has 0 spiro atoms. The van der Waals surface area contributed by atoms with Gasteiger partial charge in [-0.15, -0.1) is 0 Å². The summed E-state index contributed by atoms with van der Waals surface area (Å²) in [6.45, 7) is 4.15. The Morgan fingerprint density at radius 2 is 2.11 bits per heavy atom. The minimum atomic E-state index is -0.943. The Labute approximate surface area is 111 Å². The summed E-state index contributed by atoms with van der Waals surface area (Å²) in [6.07, 6.45) is 1.11. The predicted molar refractivity (Wildman–Crippen MR) is 70.0 cm³/mol. The highest BCUT2D eigenvalue weighted by molar-refractivity contribution is 5.83. The second-order valence-electron chi connectivity index (χ2n) is 5.61. The maximum absolute atomic E-state index is 11.6. The van der Waals surface area contributed by atoms with Crippen LogP contribution >= 0.6 is 0 Å². The summed E-state index contributed by atoms with van der Waals surface area (Å²) in [7, 11) is 0. The molecular weight excluding hydrogens is 246 g/mol. The van der Waals surface area contributed by atoms with Gasteiger partial charge in [-0.05, 0) is 30.2 Å². The summed E-state index contributed by atoms with van der Waals surface area (Å²) in [6, 6.07) is 6.01. The SMILES string of the molecule is CC(C)C1CC(C(=O)O)(c2cccc([N+](=O)[O-])c2)C1. The van der Waals surface area contributed by atoms with Crippen molar-refractivity contribution in [3.05, 3.63) is 39.9 Å². The Bertz CT molecular complexity index is 518. The fourth-order valence-corrected chi connectivity index (χ4v) is 2.76. The normalized spacial score (nSPS) is 25.9. The van der Waals surface area contributed by atoms with Gasteiger partial charge < -0.3 is 5.11 Å². The molecule has 2 rings (SSSR count). The number of hydrogen-bond donors (Lipinski definition) is 1. The van der Waals surface area contributed by atoms with Gasteiger partial charge in [0.2, 0.25) is 0 Å². The van der Waals surface area contributed by atoms with Crippen LogP contribution in [0, 0.1) is 22.0 Å². The first kappa shape index (κ1) is 13.5. The summed E-state index contributed by atoms with van der Waals surface area (Å²) in [5, 5.41) is 20.3. The number of nitrogens with zero attached hydrogens (tertiary/aromatic N) is 1. The molecule has 5 heteroatoms. The third-order valence-corrected chi connectivity index (χ3v) is 4.18. The summed E-state index contributed by atoms with van der Waals surface area (Å²) >= 11 is 0. The number of hydrogen-bond acceptors (Lipinski definition) is 3. The smallest absolute Gasteiger partial charge is 0.314 e. The molecule has 102 valence electrons. The Hall–Kier alpha value is -1.91. The fraction of sp³-hybridized carbons (Fsp3) is 0.500. The van der Waals surface area contributed by atoms with Crippen LogP contribution in [-0.2, 0) is 10.2 Å². The highest BCUT2D eigenvalue weighted by atomic mass is 16.6. The Morgan fingerprint density at radius 1 is 1.47 bits per heavy atom. The number of benzene rings is 1. The van der Waals surface area contributed by atoms with Crippen molar-refractivity contribution in [3.8, 4) is 0 Å². The van der Waals surface area contributed by atoms with E-state index in [9.17, 15) is 20.0 Å². The molecule has 5 nitrogen and oxygen atoms in total. The van der Waals surface area contributed by atoms with E-state index in [4.69, 9.17) is 0 Å². The van der Waals surface area contributed by atoms with Crippen molar-refractivity contribution in [2.45, 2.75) is 32.1 Å². The Morgan fingerprint density at radius 3 is 2.58 bits per heavy atom. The maximum Gasteiger partial charge on any atom is 0.314 e. The van der Waals surface area contributed by atoms with E-state index in [1.165, 1.54) is 12.1 Å². The summed E-state index contributed by atoms with van der Waals surface area (Å²) in [5.41, 5.74) is -0.446. The van der Waals surface area contributed by atoms with Crippen molar-refractivity contribution in [3.63, 3.8) is 0 Å². The molecule has 1 N–H and O–H groups in total. The van der Waals surface area contributed by atoms with E-state index in [0.717, 1.165) is 0 Å². The number of carboxylic acid groups (broad SMARTS) is 1. The lowest BCUT2D eigenvalue weighted by Crippen LogP contribution is -2.49. The van der Waals surface area contributed by atoms with E-state index in [1.54, 1.807) is 12.1 Å². The average molecular weight is 263 g/mol. The predicted octanol–water partition coefficient (Wildman–Crippen LogP) is 2.98. The third kappa shape index (κ3) is 2.20. The molecule has 0 aromatic heterocycles. The van der Waals surface area contributed by atoms with Crippen LogP contribution in [0.15, 0.2) is 24.3 Å². The quantitative estimate of drug-likeness (QED) is 0.668. The van der Waals surface area contributed by atoms with E-state index >= 15 is 0 Å². The number of aliphatic carboxylic acids is 1. The van der Waals surface area contributed by atoms with Gasteiger partial charge in [-0.25, -0.2) is 0 Å². The largest absolute Gasteiger partial charge is 0.481 e. The Balaban J connectivity index is 2.34. The lowest BCUT2D eigenvalue weighted by Gasteiger charge is -2.46. The van der Waals surface area contributed by atoms with Crippen molar-refractivity contribution in [2.24, 2.45) is 11.8 Å². The van der Waals surface area contributed by atoms with Crippen LogP contribution in [0.5, 0.6) is 0 Å². The van der Waals surface area contributed by atoms with E-state index in [0.29, 0.717) is 30.2 Å². The highest BCUT2D eigenvalue weighted by Gasteiger charge is 2.52. The lowest BCUT2D eigenvalue weighted by atomic mass is 9.56. The summed E-state index contributed by atoms with van der Waals surface area (Å²) in [4.78, 5) is 21.9. The monoisotopic (exact) mass is 263 g/mol. The molecule has 1 aromatic carbocycles. The number of carbonyl (C=O) groups is 1. The topological polar surface area (TPSA) is 80.4 Å². The molecule has 1 aromatic rings. The molecule has 19 heavy (non-hydrogen) atoms. The molecule has 0 bridgehead atoms. The summed E-state index contributed by atoms with van der Waals surface area (Å²) in [5.74, 6) is -0.0774. The average Bonchev–Trinajstić information content (AvgIpc) is 2.27. The minimum Gasteiger partial charge on any atom is -0.481 e. The second-order valence-corrected chi connectivity index (χ2v) is 5.61. The molecule has 1 fully saturated rings. The van der Waals surface area contributed by atoms with Crippen LogP contribution in [0.4, 0.5) is 5.69 Å². The van der Waals surface area contributed by atoms with Crippen molar-refractivity contribution < 1.29 is 14.8 Å². The van der Waals surface area contributed by atoms with E-state index in [1.807, 2.05) is 0 Å². The van der Waals surface area contributed by atoms with Gasteiger partial charge in [-0.1, -0.05) is 26.0 Å². The first-order valence-electron chi connectivity index (χ1n) is 6.35. The molecule has 0 radical (unpaired) electrons. The van der Waals surface area contributed by atoms with Gasteiger partial charge in [0.1, 0.15) is 0 Å². The van der Waals surface area contributed by atoms with Gasteiger partial charge in [-0.2, -0.15) is 0 Å². The molecule has 0 saturated heterocycles. The molecular formula is C14H17NO4. The number of carboxylic acids is 1. The van der Waals surface area contributed by atoms with Crippen LogP contribution in [0.25, 0.3) is 0 Å². The Kier molecular flexibility index (Phi) is 3.30. The van der Waals surface area contributed by atoms with Crippen LogP contribution in [0.1, 0.15) is 32.3 Å². The highest BCUT2D eigenvalue weighted by Crippen LogP contribution is 2.51. The molecule has 0 heterocycles. The first-order valence-corrected chi connectivity index (χ1v) is 6.35. The molecule has 1 aliphatic rings. The van der Waals surface area contributed by atoms with Crippen molar-refractivity contribution >= 4 is 11.7 Å². The zero-order valence-electron chi connectivity index (χ0n) is 11.0. The van der Waals surface area contributed by atoms with Crippen molar-refractivity contribution in [1.29, 1.82) is 0 Å². The second kappa shape index (κ2) is 4.64. The standard InChI is InChI=1S/C14H17NO4/c1-9(2)10-7-14(8-10,13(16)17)11-4-3-5-12(6-11)15(18)19/h3-6,9-10H,7-8H2,1-2H3,(H,16,17). The molecule has 0 atom stereocenters. The van der Waals surface area contributed by atoms with E-state index < -0.39 is 16.3 Å². The zero-order valence-corrected chi connectivity index (χ0v) is 11.0. The number of rotatable bonds is 4. The maximum atomic E-state index is 11.6. The number of nitro benzene ring substituents is 1. The van der Waals surface area contributed by atoms with E-state index in [2.05, 4.69) is 13.8 Å². The number of non-ortho nitro benzene ring substituents is 1. The van der Waals surface area contributed by atoms with Crippen LogP contribution in [0.2, 0.25) is 0 Å².